The van der Waals surface area contributed by atoms with Gasteiger partial charge in [-0.2, -0.15) is 0 Å². The van der Waals surface area contributed by atoms with Gasteiger partial charge in [-0.1, -0.05) is 30.3 Å². The molecule has 90 valence electrons. The summed E-state index contributed by atoms with van der Waals surface area (Å²) in [5.74, 6) is 0.325. The highest BCUT2D eigenvalue weighted by atomic mass is 16.2. The Hall–Kier alpha value is -1.35. The van der Waals surface area contributed by atoms with Gasteiger partial charge in [-0.05, 0) is 31.5 Å². The zero-order valence-corrected chi connectivity index (χ0v) is 9.93. The van der Waals surface area contributed by atoms with Gasteiger partial charge in [0.25, 0.3) is 0 Å². The Morgan fingerprint density at radius 2 is 1.82 bits per heavy atom. The summed E-state index contributed by atoms with van der Waals surface area (Å²) in [7, 11) is 0. The summed E-state index contributed by atoms with van der Waals surface area (Å²) in [4.78, 5) is 13.9. The van der Waals surface area contributed by atoms with Crippen LogP contribution in [0.15, 0.2) is 30.3 Å². The number of benzene rings is 1. The van der Waals surface area contributed by atoms with Crippen LogP contribution in [-0.4, -0.2) is 29.9 Å². The van der Waals surface area contributed by atoms with Crippen molar-refractivity contribution in [2.75, 3.05) is 13.1 Å². The molecule has 1 N–H and O–H groups in total. The second-order valence-corrected chi connectivity index (χ2v) is 4.91. The van der Waals surface area contributed by atoms with E-state index < -0.39 is 0 Å². The van der Waals surface area contributed by atoms with Gasteiger partial charge in [0.1, 0.15) is 0 Å². The van der Waals surface area contributed by atoms with Gasteiger partial charge in [0.15, 0.2) is 0 Å². The fourth-order valence-corrected chi connectivity index (χ4v) is 2.93. The lowest BCUT2D eigenvalue weighted by atomic mass is 9.89. The molecule has 1 atom stereocenters. The van der Waals surface area contributed by atoms with E-state index in [2.05, 4.69) is 34.5 Å². The first-order valence-corrected chi connectivity index (χ1v) is 6.43. The predicted octanol–water partition coefficient (Wildman–Crippen LogP) is 1.71. The molecule has 0 spiro atoms. The molecule has 0 aromatic heterocycles. The second kappa shape index (κ2) is 4.49. The number of amides is 1. The van der Waals surface area contributed by atoms with Gasteiger partial charge in [-0.25, -0.2) is 0 Å². The molecular formula is C14H18N2O. The maximum Gasteiger partial charge on any atom is 0.225 e. The number of carbonyl (C=O) groups excluding carboxylic acids is 1. The van der Waals surface area contributed by atoms with E-state index in [9.17, 15) is 4.79 Å². The largest absolute Gasteiger partial charge is 0.332 e. The third-order valence-corrected chi connectivity index (χ3v) is 3.88. The highest BCUT2D eigenvalue weighted by Crippen LogP contribution is 2.37. The predicted molar refractivity (Wildman–Crippen MR) is 66.5 cm³/mol. The Balaban J connectivity index is 1.76. The average molecular weight is 230 g/mol. The molecule has 2 saturated heterocycles. The van der Waals surface area contributed by atoms with Crippen molar-refractivity contribution in [1.29, 1.82) is 0 Å². The molecule has 3 nitrogen and oxygen atoms in total. The van der Waals surface area contributed by atoms with Crippen molar-refractivity contribution >= 4 is 5.91 Å². The Labute approximate surface area is 102 Å². The van der Waals surface area contributed by atoms with Crippen LogP contribution < -0.4 is 5.32 Å². The number of likely N-dealkylation sites (tertiary alicyclic amines) is 1. The van der Waals surface area contributed by atoms with Gasteiger partial charge in [0.2, 0.25) is 5.91 Å². The molecule has 0 unspecified atom stereocenters. The number of nitrogens with zero attached hydrogens (tertiary/aromatic N) is 1. The molecule has 2 aliphatic heterocycles. The molecule has 2 fully saturated rings. The number of nitrogens with one attached hydrogen (secondary N) is 1. The molecule has 0 saturated carbocycles. The number of rotatable bonds is 2. The summed E-state index contributed by atoms with van der Waals surface area (Å²) in [5, 5.41) is 3.35. The van der Waals surface area contributed by atoms with Gasteiger partial charge in [-0.15, -0.1) is 0 Å². The molecule has 1 aromatic carbocycles. The fourth-order valence-electron chi connectivity index (χ4n) is 2.93. The van der Waals surface area contributed by atoms with E-state index >= 15 is 0 Å². The lowest BCUT2D eigenvalue weighted by Gasteiger charge is -2.47. The van der Waals surface area contributed by atoms with Crippen LogP contribution in [-0.2, 0) is 4.79 Å². The highest BCUT2D eigenvalue weighted by Gasteiger charge is 2.41. The van der Waals surface area contributed by atoms with Crippen LogP contribution in [0.3, 0.4) is 0 Å². The Kier molecular flexibility index (Phi) is 2.85. The van der Waals surface area contributed by atoms with Gasteiger partial charge >= 0.3 is 0 Å². The first-order valence-electron chi connectivity index (χ1n) is 6.43. The normalized spacial score (nSPS) is 25.8. The van der Waals surface area contributed by atoms with Crippen molar-refractivity contribution in [3.63, 3.8) is 0 Å². The lowest BCUT2D eigenvalue weighted by molar-refractivity contribution is -0.151. The minimum Gasteiger partial charge on any atom is -0.332 e. The Morgan fingerprint density at radius 3 is 2.47 bits per heavy atom. The van der Waals surface area contributed by atoms with Crippen LogP contribution in [0.1, 0.15) is 30.9 Å². The van der Waals surface area contributed by atoms with Crippen LogP contribution in [0.2, 0.25) is 0 Å². The van der Waals surface area contributed by atoms with Gasteiger partial charge < -0.3 is 10.2 Å². The summed E-state index contributed by atoms with van der Waals surface area (Å²) in [6, 6.07) is 11.2. The van der Waals surface area contributed by atoms with Crippen LogP contribution in [0.25, 0.3) is 0 Å². The van der Waals surface area contributed by atoms with Crippen LogP contribution in [0.4, 0.5) is 0 Å². The number of piperidine rings is 1. The third-order valence-electron chi connectivity index (χ3n) is 3.88. The summed E-state index contributed by atoms with van der Waals surface area (Å²) in [5.41, 5.74) is 1.28. The van der Waals surface area contributed by atoms with Crippen molar-refractivity contribution in [1.82, 2.24) is 10.2 Å². The van der Waals surface area contributed by atoms with Gasteiger partial charge in [0, 0.05) is 6.04 Å². The molecule has 0 radical (unpaired) electrons. The van der Waals surface area contributed by atoms with Crippen LogP contribution >= 0.6 is 0 Å². The van der Waals surface area contributed by atoms with Crippen LogP contribution in [0, 0.1) is 0 Å². The minimum absolute atomic E-state index is 0.325. The maximum atomic E-state index is 11.8. The average Bonchev–Trinajstić information content (AvgIpc) is 2.38. The van der Waals surface area contributed by atoms with E-state index in [1.54, 1.807) is 0 Å². The number of β-lactam (4-membered cyclic amide) rings is 1. The van der Waals surface area contributed by atoms with Crippen molar-refractivity contribution in [2.45, 2.75) is 31.3 Å². The molecule has 3 rings (SSSR count). The topological polar surface area (TPSA) is 32.3 Å². The molecule has 17 heavy (non-hydrogen) atoms. The number of hydrogen-bond acceptors (Lipinski definition) is 2. The first-order chi connectivity index (χ1) is 8.36. The Morgan fingerprint density at radius 1 is 1.12 bits per heavy atom. The SMILES string of the molecule is O=C1C[C@@H](c2ccccc2)N1C1CCNCC1. The van der Waals surface area contributed by atoms with E-state index in [-0.39, 0.29) is 0 Å². The van der Waals surface area contributed by atoms with E-state index in [1.807, 2.05) is 6.07 Å². The fraction of sp³-hybridized carbons (Fsp3) is 0.500. The smallest absolute Gasteiger partial charge is 0.225 e. The van der Waals surface area contributed by atoms with Crippen molar-refractivity contribution in [3.8, 4) is 0 Å². The molecule has 2 aliphatic rings. The second-order valence-electron chi connectivity index (χ2n) is 4.91. The standard InChI is InChI=1S/C14H18N2O/c17-14-10-13(11-4-2-1-3-5-11)16(14)12-6-8-15-9-7-12/h1-5,12-13,15H,6-10H2/t13-/m0/s1. The van der Waals surface area contributed by atoms with E-state index in [0.717, 1.165) is 25.9 Å². The van der Waals surface area contributed by atoms with Crippen molar-refractivity contribution in [2.24, 2.45) is 0 Å². The third kappa shape index (κ3) is 1.95. The lowest BCUT2D eigenvalue weighted by Crippen LogP contribution is -2.54. The first kappa shape index (κ1) is 10.8. The molecule has 1 aromatic rings. The number of carbonyl (C=O) groups is 1. The van der Waals surface area contributed by atoms with Crippen molar-refractivity contribution in [3.05, 3.63) is 35.9 Å². The van der Waals surface area contributed by atoms with Crippen LogP contribution in [0.5, 0.6) is 0 Å². The van der Waals surface area contributed by atoms with E-state index in [1.165, 1.54) is 5.56 Å². The van der Waals surface area contributed by atoms with Crippen molar-refractivity contribution < 1.29 is 4.79 Å². The van der Waals surface area contributed by atoms with E-state index in [0.29, 0.717) is 24.4 Å². The summed E-state index contributed by atoms with van der Waals surface area (Å²) in [6.07, 6.45) is 2.87. The van der Waals surface area contributed by atoms with E-state index in [4.69, 9.17) is 0 Å². The van der Waals surface area contributed by atoms with Gasteiger partial charge in [-0.3, -0.25) is 4.79 Å². The summed E-state index contributed by atoms with van der Waals surface area (Å²) >= 11 is 0. The summed E-state index contributed by atoms with van der Waals surface area (Å²) in [6.45, 7) is 2.08. The molecule has 0 aliphatic carbocycles. The number of hydrogen-bond donors (Lipinski definition) is 1. The molecule has 2 heterocycles. The monoisotopic (exact) mass is 230 g/mol. The molecular weight excluding hydrogens is 212 g/mol. The maximum absolute atomic E-state index is 11.8. The Bertz CT molecular complexity index is 398. The molecule has 0 bridgehead atoms. The molecule has 1 amide bonds. The summed E-state index contributed by atoms with van der Waals surface area (Å²) < 4.78 is 0. The van der Waals surface area contributed by atoms with Gasteiger partial charge in [0.05, 0.1) is 12.5 Å². The minimum atomic E-state index is 0.325. The highest BCUT2D eigenvalue weighted by molar-refractivity contribution is 5.84. The quantitative estimate of drug-likeness (QED) is 0.784. The zero-order chi connectivity index (χ0) is 11.7. The zero-order valence-electron chi connectivity index (χ0n) is 9.93. The molecule has 3 heteroatoms.